The highest BCUT2D eigenvalue weighted by Gasteiger charge is 2.24. The van der Waals surface area contributed by atoms with Crippen LogP contribution < -0.4 is 5.32 Å². The maximum absolute atomic E-state index is 12.0. The van der Waals surface area contributed by atoms with E-state index in [4.69, 9.17) is 12.2 Å². The van der Waals surface area contributed by atoms with Crippen LogP contribution in [0.15, 0.2) is 35.2 Å². The summed E-state index contributed by atoms with van der Waals surface area (Å²) < 4.78 is 0.384. The van der Waals surface area contributed by atoms with Gasteiger partial charge in [-0.25, -0.2) is 0 Å². The number of hydrogen-bond acceptors (Lipinski definition) is 4. The molecule has 0 aromatic carbocycles. The summed E-state index contributed by atoms with van der Waals surface area (Å²) in [6.07, 6.45) is 1.67. The van der Waals surface area contributed by atoms with Crippen LogP contribution >= 0.6 is 23.6 Å². The van der Waals surface area contributed by atoms with Crippen LogP contribution in [0.3, 0.4) is 0 Å². The quantitative estimate of drug-likeness (QED) is 0.759. The summed E-state index contributed by atoms with van der Waals surface area (Å²) in [5, 5.41) is 16.7. The average molecular weight is 294 g/mol. The number of aromatic amines is 1. The van der Waals surface area contributed by atoms with E-state index in [-0.39, 0.29) is 12.5 Å². The minimum atomic E-state index is -1.09. The van der Waals surface area contributed by atoms with Crippen LogP contribution in [0.1, 0.15) is 22.8 Å². The number of rotatable bonds is 4. The molecule has 1 atom stereocenters. The molecule has 2 rings (SSSR count). The maximum Gasteiger partial charge on any atom is 0.254 e. The predicted octanol–water partition coefficient (Wildman–Crippen LogP) is 2.44. The highest BCUT2D eigenvalue weighted by atomic mass is 32.1. The highest BCUT2D eigenvalue weighted by Crippen LogP contribution is 2.22. The maximum atomic E-state index is 12.0. The van der Waals surface area contributed by atoms with Crippen molar-refractivity contribution in [3.8, 4) is 0 Å². The van der Waals surface area contributed by atoms with Gasteiger partial charge >= 0.3 is 0 Å². The third kappa shape index (κ3) is 3.28. The second-order valence-corrected chi connectivity index (χ2v) is 5.57. The molecule has 0 saturated heterocycles. The normalized spacial score (nSPS) is 13.8. The smallest absolute Gasteiger partial charge is 0.254 e. The van der Waals surface area contributed by atoms with E-state index in [0.29, 0.717) is 10.2 Å². The average Bonchev–Trinajstić information content (AvgIpc) is 2.91. The van der Waals surface area contributed by atoms with E-state index in [0.717, 1.165) is 5.56 Å². The van der Waals surface area contributed by atoms with Crippen molar-refractivity contribution in [3.63, 3.8) is 0 Å². The lowest BCUT2D eigenvalue weighted by molar-refractivity contribution is 0.0530. The van der Waals surface area contributed by atoms with Crippen LogP contribution in [-0.2, 0) is 5.60 Å². The number of H-pyrrole nitrogens is 1. The molecule has 100 valence electrons. The number of amides is 1. The monoisotopic (exact) mass is 294 g/mol. The Labute approximate surface area is 120 Å². The zero-order valence-electron chi connectivity index (χ0n) is 10.3. The molecule has 0 aliphatic rings. The molecular formula is C13H14N2O2S2. The van der Waals surface area contributed by atoms with Crippen LogP contribution in [0.25, 0.3) is 0 Å². The van der Waals surface area contributed by atoms with Gasteiger partial charge in [-0.3, -0.25) is 4.79 Å². The van der Waals surface area contributed by atoms with Crippen LogP contribution in [0.4, 0.5) is 0 Å². The van der Waals surface area contributed by atoms with E-state index in [1.807, 2.05) is 16.8 Å². The summed E-state index contributed by atoms with van der Waals surface area (Å²) in [5.74, 6) is -0.294. The van der Waals surface area contributed by atoms with Crippen molar-refractivity contribution in [2.75, 3.05) is 6.54 Å². The van der Waals surface area contributed by atoms with Crippen molar-refractivity contribution in [2.45, 2.75) is 12.5 Å². The molecule has 2 aromatic rings. The van der Waals surface area contributed by atoms with Crippen molar-refractivity contribution in [3.05, 3.63) is 50.9 Å². The first kappa shape index (κ1) is 13.9. The van der Waals surface area contributed by atoms with Gasteiger partial charge in [-0.15, -0.1) is 0 Å². The van der Waals surface area contributed by atoms with Crippen LogP contribution in [0.5, 0.6) is 0 Å². The molecule has 0 saturated carbocycles. The molecule has 0 fully saturated rings. The Balaban J connectivity index is 2.05. The zero-order chi connectivity index (χ0) is 13.9. The number of aliphatic hydroxyl groups is 1. The summed E-state index contributed by atoms with van der Waals surface area (Å²) in [7, 11) is 0. The molecule has 4 nitrogen and oxygen atoms in total. The van der Waals surface area contributed by atoms with Crippen molar-refractivity contribution in [2.24, 2.45) is 0 Å². The van der Waals surface area contributed by atoms with E-state index in [2.05, 4.69) is 10.3 Å². The minimum Gasteiger partial charge on any atom is -0.384 e. The Morgan fingerprint density at radius 1 is 1.58 bits per heavy atom. The Hall–Kier alpha value is -1.50. The molecule has 1 amide bonds. The summed E-state index contributed by atoms with van der Waals surface area (Å²) in [4.78, 5) is 14.8. The largest absolute Gasteiger partial charge is 0.384 e. The van der Waals surface area contributed by atoms with Gasteiger partial charge in [-0.1, -0.05) is 12.2 Å². The van der Waals surface area contributed by atoms with Crippen molar-refractivity contribution >= 4 is 29.5 Å². The van der Waals surface area contributed by atoms with Crippen molar-refractivity contribution < 1.29 is 9.90 Å². The van der Waals surface area contributed by atoms with Gasteiger partial charge in [0.25, 0.3) is 5.91 Å². The summed E-state index contributed by atoms with van der Waals surface area (Å²) >= 11 is 6.54. The van der Waals surface area contributed by atoms with E-state index >= 15 is 0 Å². The molecule has 2 heterocycles. The van der Waals surface area contributed by atoms with Gasteiger partial charge in [0.15, 0.2) is 0 Å². The lowest BCUT2D eigenvalue weighted by Gasteiger charge is -2.22. The van der Waals surface area contributed by atoms with Gasteiger partial charge in [-0.05, 0) is 41.4 Å². The molecule has 19 heavy (non-hydrogen) atoms. The van der Waals surface area contributed by atoms with Crippen LogP contribution in [0.2, 0.25) is 0 Å². The number of nitrogens with one attached hydrogen (secondary N) is 2. The minimum absolute atomic E-state index is 0.131. The van der Waals surface area contributed by atoms with E-state index < -0.39 is 5.60 Å². The molecule has 0 aliphatic carbocycles. The standard InChI is InChI=1S/C13H14N2O2S2/c1-13(17,9-4-6-19-7-9)8-15-11(16)10-3-2-5-14-12(10)18/h2-7,17H,8H2,1H3,(H,14,18)(H,15,16). The first-order valence-electron chi connectivity index (χ1n) is 5.72. The Morgan fingerprint density at radius 3 is 3.00 bits per heavy atom. The molecular weight excluding hydrogens is 280 g/mol. The van der Waals surface area contributed by atoms with Gasteiger partial charge in [0.2, 0.25) is 0 Å². The lowest BCUT2D eigenvalue weighted by atomic mass is 9.99. The molecule has 3 N–H and O–H groups in total. The van der Waals surface area contributed by atoms with Gasteiger partial charge in [0.1, 0.15) is 10.2 Å². The Kier molecular flexibility index (Phi) is 4.14. The van der Waals surface area contributed by atoms with Gasteiger partial charge < -0.3 is 15.4 Å². The molecule has 6 heteroatoms. The molecule has 0 spiro atoms. The summed E-state index contributed by atoms with van der Waals surface area (Å²) in [6, 6.07) is 5.20. The topological polar surface area (TPSA) is 65.1 Å². The van der Waals surface area contributed by atoms with E-state index in [9.17, 15) is 9.90 Å². The van der Waals surface area contributed by atoms with Gasteiger partial charge in [0.05, 0.1) is 12.1 Å². The first-order chi connectivity index (χ1) is 9.00. The number of aromatic nitrogens is 1. The van der Waals surface area contributed by atoms with Crippen LogP contribution in [-0.4, -0.2) is 22.5 Å². The molecule has 0 bridgehead atoms. The van der Waals surface area contributed by atoms with Crippen molar-refractivity contribution in [1.29, 1.82) is 0 Å². The number of pyridine rings is 1. The fraction of sp³-hybridized carbons (Fsp3) is 0.231. The van der Waals surface area contributed by atoms with Crippen molar-refractivity contribution in [1.82, 2.24) is 10.3 Å². The lowest BCUT2D eigenvalue weighted by Crippen LogP contribution is -2.38. The second kappa shape index (κ2) is 5.64. The zero-order valence-corrected chi connectivity index (χ0v) is 12.0. The SMILES string of the molecule is CC(O)(CNC(=O)c1ccc[nH]c1=S)c1ccsc1. The van der Waals surface area contributed by atoms with E-state index in [1.165, 1.54) is 11.3 Å². The molecule has 1 unspecified atom stereocenters. The summed E-state index contributed by atoms with van der Waals surface area (Å²) in [6.45, 7) is 1.80. The molecule has 0 aliphatic heterocycles. The first-order valence-corrected chi connectivity index (χ1v) is 7.07. The van der Waals surface area contributed by atoms with Crippen LogP contribution in [0, 0.1) is 4.64 Å². The fourth-order valence-corrected chi connectivity index (χ4v) is 2.63. The number of thiophene rings is 1. The third-order valence-electron chi connectivity index (χ3n) is 2.80. The van der Waals surface area contributed by atoms with Gasteiger partial charge in [-0.2, -0.15) is 11.3 Å². The Morgan fingerprint density at radius 2 is 2.37 bits per heavy atom. The highest BCUT2D eigenvalue weighted by molar-refractivity contribution is 7.71. The Bertz CT molecular complexity index is 618. The number of hydrogen-bond donors (Lipinski definition) is 3. The predicted molar refractivity (Wildman–Crippen MR) is 77.8 cm³/mol. The van der Waals surface area contributed by atoms with Gasteiger partial charge in [0, 0.05) is 6.20 Å². The number of carbonyl (C=O) groups is 1. The fourth-order valence-electron chi connectivity index (χ4n) is 1.62. The molecule has 0 radical (unpaired) electrons. The summed E-state index contributed by atoms with van der Waals surface area (Å²) in [5.41, 5.74) is 0.102. The number of carbonyl (C=O) groups excluding carboxylic acids is 1. The molecule has 2 aromatic heterocycles. The third-order valence-corrected chi connectivity index (χ3v) is 3.82. The van der Waals surface area contributed by atoms with E-state index in [1.54, 1.807) is 25.3 Å². The second-order valence-electron chi connectivity index (χ2n) is 4.38.